The van der Waals surface area contributed by atoms with Gasteiger partial charge in [-0.1, -0.05) is 6.08 Å². The number of nitrogens with one attached hydrogen (secondary N) is 1. The van der Waals surface area contributed by atoms with Crippen molar-refractivity contribution in [3.05, 3.63) is 29.9 Å². The molecule has 0 aliphatic rings. The molecular weight excluding hydrogens is 197 g/mol. The van der Waals surface area contributed by atoms with Crippen LogP contribution in [0.2, 0.25) is 0 Å². The average molecular weight is 209 g/mol. The minimum absolute atomic E-state index is 0.125. The van der Waals surface area contributed by atoms with Gasteiger partial charge in [0.1, 0.15) is 0 Å². The quantitative estimate of drug-likeness (QED) is 0.728. The van der Waals surface area contributed by atoms with E-state index in [0.29, 0.717) is 17.9 Å². The molecule has 0 aliphatic heterocycles. The Morgan fingerprint density at radius 2 is 2.40 bits per heavy atom. The number of nitrogen functional groups attached to an aromatic ring is 1. The maximum Gasteiger partial charge on any atom is 0.217 e. The van der Waals surface area contributed by atoms with Crippen molar-refractivity contribution in [3.8, 4) is 0 Å². The fourth-order valence-electron chi connectivity index (χ4n) is 0.968. The van der Waals surface area contributed by atoms with Gasteiger partial charge in [0.25, 0.3) is 0 Å². The lowest BCUT2D eigenvalue weighted by Crippen LogP contribution is -2.19. The second-order valence-electron chi connectivity index (χ2n) is 2.95. The Kier molecular flexibility index (Phi) is 3.79. The van der Waals surface area contributed by atoms with Crippen LogP contribution in [0.5, 0.6) is 0 Å². The van der Waals surface area contributed by atoms with Gasteiger partial charge in [0.2, 0.25) is 11.9 Å². The van der Waals surface area contributed by atoms with Crippen molar-refractivity contribution in [2.24, 2.45) is 0 Å². The molecule has 1 rings (SSSR count). The van der Waals surface area contributed by atoms with Crippen LogP contribution in [0, 0.1) is 5.95 Å². The summed E-state index contributed by atoms with van der Waals surface area (Å²) >= 11 is 0. The second kappa shape index (κ2) is 5.09. The van der Waals surface area contributed by atoms with Gasteiger partial charge in [0.05, 0.1) is 11.4 Å². The first kappa shape index (κ1) is 11.2. The number of amides is 1. The van der Waals surface area contributed by atoms with Gasteiger partial charge in [0, 0.05) is 13.5 Å². The van der Waals surface area contributed by atoms with E-state index in [0.717, 1.165) is 0 Å². The molecule has 5 heteroatoms. The molecule has 0 aromatic carbocycles. The third-order valence-electron chi connectivity index (χ3n) is 1.67. The zero-order chi connectivity index (χ0) is 11.3. The zero-order valence-electron chi connectivity index (χ0n) is 8.33. The topological polar surface area (TPSA) is 68.0 Å². The minimum Gasteiger partial charge on any atom is -0.397 e. The second-order valence-corrected chi connectivity index (χ2v) is 2.95. The lowest BCUT2D eigenvalue weighted by atomic mass is 10.3. The molecular formula is C10H12FN3O. The van der Waals surface area contributed by atoms with Crippen molar-refractivity contribution in [2.75, 3.05) is 12.3 Å². The molecule has 0 aliphatic carbocycles. The molecule has 80 valence electrons. The van der Waals surface area contributed by atoms with E-state index in [1.165, 1.54) is 19.1 Å². The number of halogens is 1. The first-order valence-electron chi connectivity index (χ1n) is 4.42. The number of nitrogens with two attached hydrogens (primary N) is 1. The fourth-order valence-corrected chi connectivity index (χ4v) is 0.968. The van der Waals surface area contributed by atoms with Crippen molar-refractivity contribution < 1.29 is 9.18 Å². The van der Waals surface area contributed by atoms with E-state index < -0.39 is 5.95 Å². The van der Waals surface area contributed by atoms with Gasteiger partial charge in [0.15, 0.2) is 0 Å². The van der Waals surface area contributed by atoms with E-state index in [9.17, 15) is 9.18 Å². The zero-order valence-corrected chi connectivity index (χ0v) is 8.33. The Hall–Kier alpha value is -1.91. The molecule has 1 aromatic heterocycles. The fraction of sp³-hybridized carbons (Fsp3) is 0.200. The van der Waals surface area contributed by atoms with Crippen molar-refractivity contribution >= 4 is 17.7 Å². The number of pyridine rings is 1. The van der Waals surface area contributed by atoms with Crippen molar-refractivity contribution in [1.29, 1.82) is 0 Å². The number of hydrogen-bond acceptors (Lipinski definition) is 3. The van der Waals surface area contributed by atoms with Gasteiger partial charge in [-0.25, -0.2) is 4.98 Å². The van der Waals surface area contributed by atoms with Gasteiger partial charge in [-0.2, -0.15) is 4.39 Å². The van der Waals surface area contributed by atoms with E-state index in [4.69, 9.17) is 5.73 Å². The van der Waals surface area contributed by atoms with E-state index in [2.05, 4.69) is 10.3 Å². The largest absolute Gasteiger partial charge is 0.397 e. The SMILES string of the molecule is CC(=O)NCC=Cc1nc(F)ccc1N. The van der Waals surface area contributed by atoms with Crippen LogP contribution in [0.1, 0.15) is 12.6 Å². The summed E-state index contributed by atoms with van der Waals surface area (Å²) in [7, 11) is 0. The number of anilines is 1. The van der Waals surface area contributed by atoms with Gasteiger partial charge in [-0.3, -0.25) is 4.79 Å². The van der Waals surface area contributed by atoms with Crippen LogP contribution in [0.3, 0.4) is 0 Å². The van der Waals surface area contributed by atoms with Crippen LogP contribution < -0.4 is 11.1 Å². The van der Waals surface area contributed by atoms with Crippen LogP contribution in [-0.2, 0) is 4.79 Å². The third-order valence-corrected chi connectivity index (χ3v) is 1.67. The summed E-state index contributed by atoms with van der Waals surface area (Å²) in [4.78, 5) is 14.1. The Morgan fingerprint density at radius 3 is 3.07 bits per heavy atom. The molecule has 1 amide bonds. The molecule has 0 spiro atoms. The van der Waals surface area contributed by atoms with E-state index in [1.54, 1.807) is 12.2 Å². The van der Waals surface area contributed by atoms with E-state index >= 15 is 0 Å². The average Bonchev–Trinajstić information content (AvgIpc) is 2.17. The molecule has 0 bridgehead atoms. The Morgan fingerprint density at radius 1 is 1.67 bits per heavy atom. The molecule has 0 unspecified atom stereocenters. The van der Waals surface area contributed by atoms with Crippen LogP contribution in [-0.4, -0.2) is 17.4 Å². The van der Waals surface area contributed by atoms with Crippen molar-refractivity contribution in [1.82, 2.24) is 10.3 Å². The molecule has 3 N–H and O–H groups in total. The minimum atomic E-state index is -0.580. The number of aromatic nitrogens is 1. The lowest BCUT2D eigenvalue weighted by Gasteiger charge is -1.99. The molecule has 0 fully saturated rings. The highest BCUT2D eigenvalue weighted by atomic mass is 19.1. The highest BCUT2D eigenvalue weighted by molar-refractivity contribution is 5.73. The summed E-state index contributed by atoms with van der Waals surface area (Å²) in [5.41, 5.74) is 6.32. The molecule has 0 atom stereocenters. The molecule has 0 radical (unpaired) electrons. The summed E-state index contributed by atoms with van der Waals surface area (Å²) in [6.45, 7) is 1.79. The number of carbonyl (C=O) groups excluding carboxylic acids is 1. The molecule has 0 saturated carbocycles. The maximum atomic E-state index is 12.7. The predicted molar refractivity (Wildman–Crippen MR) is 56.3 cm³/mol. The molecule has 1 heterocycles. The standard InChI is InChI=1S/C10H12FN3O/c1-7(15)13-6-2-3-9-8(12)4-5-10(11)14-9/h2-5H,6,12H2,1H3,(H,13,15). The molecule has 0 saturated heterocycles. The number of nitrogens with zero attached hydrogens (tertiary/aromatic N) is 1. The van der Waals surface area contributed by atoms with E-state index in [1.807, 2.05) is 0 Å². The first-order valence-corrected chi connectivity index (χ1v) is 4.42. The number of carbonyl (C=O) groups is 1. The summed E-state index contributed by atoms with van der Waals surface area (Å²) in [6, 6.07) is 2.64. The van der Waals surface area contributed by atoms with Crippen LogP contribution >= 0.6 is 0 Å². The molecule has 15 heavy (non-hydrogen) atoms. The van der Waals surface area contributed by atoms with Crippen LogP contribution in [0.4, 0.5) is 10.1 Å². The van der Waals surface area contributed by atoms with Gasteiger partial charge >= 0.3 is 0 Å². The van der Waals surface area contributed by atoms with Crippen molar-refractivity contribution in [2.45, 2.75) is 6.92 Å². The summed E-state index contributed by atoms with van der Waals surface area (Å²) < 4.78 is 12.7. The smallest absolute Gasteiger partial charge is 0.217 e. The molecule has 1 aromatic rings. The van der Waals surface area contributed by atoms with E-state index in [-0.39, 0.29) is 5.91 Å². The Labute approximate surface area is 87.0 Å². The highest BCUT2D eigenvalue weighted by Gasteiger charge is 1.98. The number of hydrogen-bond donors (Lipinski definition) is 2. The highest BCUT2D eigenvalue weighted by Crippen LogP contribution is 2.10. The predicted octanol–water partition coefficient (Wildman–Crippen LogP) is 0.952. The summed E-state index contributed by atoms with van der Waals surface area (Å²) in [6.07, 6.45) is 3.22. The summed E-state index contributed by atoms with van der Waals surface area (Å²) in [5.74, 6) is -0.705. The van der Waals surface area contributed by atoms with Gasteiger partial charge in [-0.15, -0.1) is 0 Å². The lowest BCUT2D eigenvalue weighted by molar-refractivity contribution is -0.118. The summed E-state index contributed by atoms with van der Waals surface area (Å²) in [5, 5.41) is 2.56. The van der Waals surface area contributed by atoms with Crippen LogP contribution in [0.15, 0.2) is 18.2 Å². The normalized spacial score (nSPS) is 10.5. The molecule has 4 nitrogen and oxygen atoms in total. The van der Waals surface area contributed by atoms with Gasteiger partial charge < -0.3 is 11.1 Å². The monoisotopic (exact) mass is 209 g/mol. The maximum absolute atomic E-state index is 12.7. The Balaban J connectivity index is 2.63. The Bertz CT molecular complexity index is 390. The van der Waals surface area contributed by atoms with Crippen molar-refractivity contribution in [3.63, 3.8) is 0 Å². The first-order chi connectivity index (χ1) is 7.09. The number of rotatable bonds is 3. The third kappa shape index (κ3) is 3.76. The van der Waals surface area contributed by atoms with Crippen LogP contribution in [0.25, 0.3) is 6.08 Å². The van der Waals surface area contributed by atoms with Gasteiger partial charge in [-0.05, 0) is 18.2 Å².